The van der Waals surface area contributed by atoms with E-state index in [9.17, 15) is 0 Å². The van der Waals surface area contributed by atoms with E-state index in [-0.39, 0.29) is 29.4 Å². The summed E-state index contributed by atoms with van der Waals surface area (Å²) in [6.45, 7) is 12.2. The van der Waals surface area contributed by atoms with E-state index < -0.39 is 0 Å². The Morgan fingerprint density at radius 2 is 2.00 bits per heavy atom. The van der Waals surface area contributed by atoms with Crippen molar-refractivity contribution in [2.75, 3.05) is 38.7 Å². The Kier molecular flexibility index (Phi) is 10.6. The van der Waals surface area contributed by atoms with Gasteiger partial charge in [0.15, 0.2) is 5.96 Å². The Bertz CT molecular complexity index is 613. The molecule has 1 saturated heterocycles. The average molecular weight is 502 g/mol. The number of ether oxygens (including phenoxy) is 1. The molecule has 0 radical (unpaired) electrons. The van der Waals surface area contributed by atoms with Crippen LogP contribution in [-0.2, 0) is 11.3 Å². The molecule has 2 N–H and O–H groups in total. The number of rotatable bonds is 6. The summed E-state index contributed by atoms with van der Waals surface area (Å²) < 4.78 is 6.11. The average Bonchev–Trinajstić information content (AvgIpc) is 2.63. The molecule has 0 aromatic heterocycles. The van der Waals surface area contributed by atoms with Crippen LogP contribution >= 0.6 is 24.0 Å². The molecule has 0 bridgehead atoms. The first kappa shape index (κ1) is 25.0. The molecule has 5 nitrogen and oxygen atoms in total. The highest BCUT2D eigenvalue weighted by Crippen LogP contribution is 2.33. The summed E-state index contributed by atoms with van der Waals surface area (Å²) in [5.74, 6) is 1.39. The van der Waals surface area contributed by atoms with Crippen LogP contribution in [0.25, 0.3) is 0 Å². The summed E-state index contributed by atoms with van der Waals surface area (Å²) in [4.78, 5) is 6.91. The molecule has 0 aliphatic carbocycles. The maximum atomic E-state index is 6.11. The van der Waals surface area contributed by atoms with Gasteiger partial charge in [-0.05, 0) is 42.9 Å². The maximum Gasteiger partial charge on any atom is 0.191 e. The Balaban J connectivity index is 0.00000392. The van der Waals surface area contributed by atoms with Gasteiger partial charge in [0.2, 0.25) is 0 Å². The van der Waals surface area contributed by atoms with Crippen molar-refractivity contribution in [3.05, 3.63) is 29.8 Å². The number of benzene rings is 1. The maximum absolute atomic E-state index is 6.11. The van der Waals surface area contributed by atoms with E-state index in [1.807, 2.05) is 0 Å². The van der Waals surface area contributed by atoms with Crippen LogP contribution in [0.2, 0.25) is 0 Å². The van der Waals surface area contributed by atoms with E-state index in [4.69, 9.17) is 9.73 Å². The molecule has 6 heteroatoms. The lowest BCUT2D eigenvalue weighted by Crippen LogP contribution is -2.47. The molecule has 1 aromatic rings. The number of guanidine groups is 1. The van der Waals surface area contributed by atoms with Gasteiger partial charge in [0.05, 0.1) is 12.6 Å². The van der Waals surface area contributed by atoms with Crippen molar-refractivity contribution in [3.63, 3.8) is 0 Å². The second-order valence-corrected chi connectivity index (χ2v) is 8.70. The van der Waals surface area contributed by atoms with E-state index in [1.165, 1.54) is 17.7 Å². The minimum absolute atomic E-state index is 0. The molecule has 0 amide bonds. The number of nitrogens with zero attached hydrogens (tertiary/aromatic N) is 2. The second kappa shape index (κ2) is 11.9. The smallest absolute Gasteiger partial charge is 0.191 e. The first-order chi connectivity index (χ1) is 12.8. The molecule has 0 saturated carbocycles. The molecular weight excluding hydrogens is 463 g/mol. The Morgan fingerprint density at radius 1 is 1.25 bits per heavy atom. The number of hydrogen-bond acceptors (Lipinski definition) is 3. The number of halogens is 1. The van der Waals surface area contributed by atoms with Crippen LogP contribution in [0.4, 0.5) is 5.69 Å². The van der Waals surface area contributed by atoms with E-state index in [0.717, 1.165) is 32.1 Å². The third-order valence-corrected chi connectivity index (χ3v) is 5.02. The molecule has 28 heavy (non-hydrogen) atoms. The van der Waals surface area contributed by atoms with Gasteiger partial charge in [0.1, 0.15) is 0 Å². The van der Waals surface area contributed by atoms with Gasteiger partial charge < -0.3 is 20.3 Å². The third-order valence-electron chi connectivity index (χ3n) is 5.02. The number of anilines is 1. The fraction of sp³-hybridized carbons (Fsp3) is 0.682. The van der Waals surface area contributed by atoms with Gasteiger partial charge in [-0.15, -0.1) is 24.0 Å². The Hall–Kier alpha value is -1.02. The Labute approximate surface area is 188 Å². The third kappa shape index (κ3) is 7.78. The predicted molar refractivity (Wildman–Crippen MR) is 131 cm³/mol. The van der Waals surface area contributed by atoms with Crippen molar-refractivity contribution in [3.8, 4) is 0 Å². The quantitative estimate of drug-likeness (QED) is 0.347. The molecule has 1 aliphatic rings. The fourth-order valence-corrected chi connectivity index (χ4v) is 3.68. The van der Waals surface area contributed by atoms with Crippen molar-refractivity contribution < 1.29 is 4.74 Å². The molecular formula is C22H39IN4O. The number of aliphatic imine (C=N–C) groups is 1. The van der Waals surface area contributed by atoms with Crippen molar-refractivity contribution in [1.82, 2.24) is 10.6 Å². The van der Waals surface area contributed by atoms with E-state index in [2.05, 4.69) is 81.6 Å². The van der Waals surface area contributed by atoms with Crippen molar-refractivity contribution in [2.24, 2.45) is 16.3 Å². The molecule has 2 atom stereocenters. The number of hydrogen-bond donors (Lipinski definition) is 2. The van der Waals surface area contributed by atoms with Gasteiger partial charge in [0.25, 0.3) is 0 Å². The standard InChI is InChI=1S/C22H38N4O.HI/c1-7-23-21(24-15-17-10-8-12-19(14-17)26(5)6)25-16-18-11-9-13-27-20(18)22(2,3)4;/h8,10,12,14,18,20H,7,9,11,13,15-16H2,1-6H3,(H2,23,24,25);1H. The zero-order chi connectivity index (χ0) is 19.9. The van der Waals surface area contributed by atoms with Crippen LogP contribution in [0.1, 0.15) is 46.1 Å². The van der Waals surface area contributed by atoms with Gasteiger partial charge in [-0.2, -0.15) is 0 Å². The molecule has 2 unspecified atom stereocenters. The van der Waals surface area contributed by atoms with Crippen LogP contribution in [0.5, 0.6) is 0 Å². The van der Waals surface area contributed by atoms with E-state index >= 15 is 0 Å². The summed E-state index contributed by atoms with van der Waals surface area (Å²) in [5, 5.41) is 6.92. The number of nitrogens with one attached hydrogen (secondary N) is 2. The summed E-state index contributed by atoms with van der Waals surface area (Å²) in [5.41, 5.74) is 2.58. The first-order valence-corrected chi connectivity index (χ1v) is 10.2. The lowest BCUT2D eigenvalue weighted by molar-refractivity contribution is -0.0835. The van der Waals surface area contributed by atoms with Crippen LogP contribution in [-0.4, -0.2) is 45.9 Å². The molecule has 1 aliphatic heterocycles. The SMILES string of the molecule is CCNC(=NCc1cccc(N(C)C)c1)NCC1CCCOC1C(C)(C)C.I. The van der Waals surface area contributed by atoms with Crippen LogP contribution in [0, 0.1) is 11.3 Å². The lowest BCUT2D eigenvalue weighted by atomic mass is 9.78. The molecule has 160 valence electrons. The van der Waals surface area contributed by atoms with Gasteiger partial charge >= 0.3 is 0 Å². The summed E-state index contributed by atoms with van der Waals surface area (Å²) in [7, 11) is 4.12. The van der Waals surface area contributed by atoms with Gasteiger partial charge in [0, 0.05) is 45.4 Å². The zero-order valence-corrected chi connectivity index (χ0v) is 20.7. The molecule has 1 fully saturated rings. The zero-order valence-electron chi connectivity index (χ0n) is 18.4. The normalized spacial score (nSPS) is 20.3. The van der Waals surface area contributed by atoms with Crippen molar-refractivity contribution in [2.45, 2.75) is 53.2 Å². The molecule has 2 rings (SSSR count). The van der Waals surface area contributed by atoms with Crippen molar-refractivity contribution >= 4 is 35.6 Å². The minimum Gasteiger partial charge on any atom is -0.378 e. The highest BCUT2D eigenvalue weighted by Gasteiger charge is 2.35. The molecule has 1 heterocycles. The van der Waals surface area contributed by atoms with Crippen LogP contribution in [0.3, 0.4) is 0 Å². The van der Waals surface area contributed by atoms with Crippen LogP contribution in [0.15, 0.2) is 29.3 Å². The van der Waals surface area contributed by atoms with Gasteiger partial charge in [-0.1, -0.05) is 32.9 Å². The van der Waals surface area contributed by atoms with Gasteiger partial charge in [-0.3, -0.25) is 0 Å². The fourth-order valence-electron chi connectivity index (χ4n) is 3.68. The lowest BCUT2D eigenvalue weighted by Gasteiger charge is -2.40. The van der Waals surface area contributed by atoms with Crippen molar-refractivity contribution in [1.29, 1.82) is 0 Å². The monoisotopic (exact) mass is 502 g/mol. The van der Waals surface area contributed by atoms with Crippen LogP contribution < -0.4 is 15.5 Å². The predicted octanol–water partition coefficient (Wildman–Crippen LogP) is 4.27. The van der Waals surface area contributed by atoms with E-state index in [0.29, 0.717) is 18.6 Å². The summed E-state index contributed by atoms with van der Waals surface area (Å²) >= 11 is 0. The summed E-state index contributed by atoms with van der Waals surface area (Å²) in [6, 6.07) is 8.53. The van der Waals surface area contributed by atoms with E-state index in [1.54, 1.807) is 0 Å². The second-order valence-electron chi connectivity index (χ2n) is 8.70. The molecule has 1 aromatic carbocycles. The van der Waals surface area contributed by atoms with Gasteiger partial charge in [-0.25, -0.2) is 4.99 Å². The topological polar surface area (TPSA) is 48.9 Å². The Morgan fingerprint density at radius 3 is 2.64 bits per heavy atom. The summed E-state index contributed by atoms with van der Waals surface area (Å²) in [6.07, 6.45) is 2.64. The largest absolute Gasteiger partial charge is 0.378 e. The minimum atomic E-state index is 0. The highest BCUT2D eigenvalue weighted by molar-refractivity contribution is 14.0. The first-order valence-electron chi connectivity index (χ1n) is 10.2. The molecule has 0 spiro atoms. The highest BCUT2D eigenvalue weighted by atomic mass is 127.